The molecule has 86 valence electrons. The molecule has 1 fully saturated rings. The summed E-state index contributed by atoms with van der Waals surface area (Å²) in [4.78, 5) is 13.5. The molecule has 1 aliphatic heterocycles. The molecule has 0 saturated carbocycles. The summed E-state index contributed by atoms with van der Waals surface area (Å²) in [5.74, 6) is 0.387. The number of urea groups is 1. The van der Waals surface area contributed by atoms with E-state index < -0.39 is 0 Å². The van der Waals surface area contributed by atoms with Crippen molar-refractivity contribution < 1.29 is 4.79 Å². The third-order valence-corrected chi connectivity index (χ3v) is 3.10. The molecule has 1 heterocycles. The van der Waals surface area contributed by atoms with Crippen LogP contribution in [-0.4, -0.2) is 28.9 Å². The van der Waals surface area contributed by atoms with Crippen LogP contribution in [0.1, 0.15) is 46.5 Å². The number of amides is 2. The van der Waals surface area contributed by atoms with Gasteiger partial charge in [-0.3, -0.25) is 10.7 Å². The van der Waals surface area contributed by atoms with Crippen molar-refractivity contribution in [3.05, 3.63) is 0 Å². The molecule has 0 aliphatic carbocycles. The molecular weight excluding hydrogens is 190 g/mol. The quantitative estimate of drug-likeness (QED) is 0.720. The van der Waals surface area contributed by atoms with E-state index in [2.05, 4.69) is 19.2 Å². The number of nitrogens with one attached hydrogen (secondary N) is 2. The number of carbonyl (C=O) groups excluding carboxylic acids is 1. The third-order valence-electron chi connectivity index (χ3n) is 3.10. The number of carbonyl (C=O) groups is 1. The van der Waals surface area contributed by atoms with E-state index >= 15 is 0 Å². The molecule has 1 aliphatic rings. The lowest BCUT2D eigenvalue weighted by atomic mass is 9.87. The second-order valence-corrected chi connectivity index (χ2v) is 4.08. The molecule has 0 atom stereocenters. The van der Waals surface area contributed by atoms with Crippen molar-refractivity contribution in [2.45, 2.75) is 52.0 Å². The zero-order valence-corrected chi connectivity index (χ0v) is 9.89. The van der Waals surface area contributed by atoms with Crippen molar-refractivity contribution in [3.8, 4) is 0 Å². The van der Waals surface area contributed by atoms with Crippen LogP contribution in [0, 0.1) is 5.41 Å². The summed E-state index contributed by atoms with van der Waals surface area (Å²) in [6, 6.07) is -0.107. The van der Waals surface area contributed by atoms with Crippen LogP contribution in [0.15, 0.2) is 0 Å². The molecule has 2 N–H and O–H groups in total. The van der Waals surface area contributed by atoms with Crippen LogP contribution in [0.4, 0.5) is 4.79 Å². The van der Waals surface area contributed by atoms with Gasteiger partial charge < -0.3 is 4.90 Å². The molecule has 4 heteroatoms. The van der Waals surface area contributed by atoms with E-state index in [1.54, 1.807) is 0 Å². The second-order valence-electron chi connectivity index (χ2n) is 4.08. The fraction of sp³-hybridized carbons (Fsp3) is 0.818. The van der Waals surface area contributed by atoms with Gasteiger partial charge in [-0.25, -0.2) is 4.79 Å². The van der Waals surface area contributed by atoms with Gasteiger partial charge in [-0.2, -0.15) is 0 Å². The first kappa shape index (κ1) is 12.0. The molecular formula is C11H21N3O. The average molecular weight is 211 g/mol. The first-order chi connectivity index (χ1) is 7.12. The van der Waals surface area contributed by atoms with Gasteiger partial charge in [-0.15, -0.1) is 0 Å². The zero-order valence-electron chi connectivity index (χ0n) is 9.89. The molecule has 0 spiro atoms. The summed E-state index contributed by atoms with van der Waals surface area (Å²) >= 11 is 0. The maximum atomic E-state index is 11.7. The largest absolute Gasteiger partial charge is 0.323 e. The summed E-state index contributed by atoms with van der Waals surface area (Å²) < 4.78 is 0. The van der Waals surface area contributed by atoms with E-state index in [4.69, 9.17) is 5.41 Å². The average Bonchev–Trinajstić information content (AvgIpc) is 2.40. The Hall–Kier alpha value is -1.06. The fourth-order valence-electron chi connectivity index (χ4n) is 2.54. The Morgan fingerprint density at radius 3 is 2.20 bits per heavy atom. The first-order valence-electron chi connectivity index (χ1n) is 5.80. The van der Waals surface area contributed by atoms with E-state index in [0.29, 0.717) is 12.4 Å². The Kier molecular flexibility index (Phi) is 3.72. The van der Waals surface area contributed by atoms with E-state index in [-0.39, 0.29) is 11.6 Å². The zero-order chi connectivity index (χ0) is 11.5. The highest BCUT2D eigenvalue weighted by atomic mass is 16.2. The molecule has 15 heavy (non-hydrogen) atoms. The SMILES string of the molecule is CCCC1(CCC)C(=N)NC(=O)N1CC. The van der Waals surface area contributed by atoms with E-state index in [1.165, 1.54) is 0 Å². The van der Waals surface area contributed by atoms with Crippen molar-refractivity contribution in [2.75, 3.05) is 6.54 Å². The van der Waals surface area contributed by atoms with Gasteiger partial charge in [0.2, 0.25) is 0 Å². The van der Waals surface area contributed by atoms with Crippen LogP contribution in [0.2, 0.25) is 0 Å². The lowest BCUT2D eigenvalue weighted by Crippen LogP contribution is -2.49. The molecule has 0 unspecified atom stereocenters. The van der Waals surface area contributed by atoms with Crippen molar-refractivity contribution in [1.29, 1.82) is 5.41 Å². The van der Waals surface area contributed by atoms with Gasteiger partial charge in [0.25, 0.3) is 0 Å². The minimum atomic E-state index is -0.352. The molecule has 4 nitrogen and oxygen atoms in total. The van der Waals surface area contributed by atoms with Crippen LogP contribution in [0.3, 0.4) is 0 Å². The van der Waals surface area contributed by atoms with Gasteiger partial charge in [0.1, 0.15) is 11.4 Å². The minimum absolute atomic E-state index is 0.107. The fourth-order valence-corrected chi connectivity index (χ4v) is 2.54. The Balaban J connectivity index is 3.00. The number of nitrogens with zero attached hydrogens (tertiary/aromatic N) is 1. The van der Waals surface area contributed by atoms with Crippen LogP contribution in [-0.2, 0) is 0 Å². The molecule has 0 bridgehead atoms. The normalized spacial score (nSPS) is 19.5. The van der Waals surface area contributed by atoms with Crippen molar-refractivity contribution in [2.24, 2.45) is 0 Å². The molecule has 0 aromatic heterocycles. The lowest BCUT2D eigenvalue weighted by Gasteiger charge is -2.35. The Morgan fingerprint density at radius 1 is 1.27 bits per heavy atom. The maximum absolute atomic E-state index is 11.7. The number of likely N-dealkylation sites (N-methyl/N-ethyl adjacent to an activating group) is 1. The van der Waals surface area contributed by atoms with Gasteiger partial charge in [0, 0.05) is 6.54 Å². The molecule has 1 rings (SSSR count). The molecule has 0 aromatic carbocycles. The van der Waals surface area contributed by atoms with Gasteiger partial charge in [-0.05, 0) is 19.8 Å². The van der Waals surface area contributed by atoms with Gasteiger partial charge in [0.05, 0.1) is 0 Å². The molecule has 0 radical (unpaired) electrons. The van der Waals surface area contributed by atoms with E-state index in [0.717, 1.165) is 25.7 Å². The minimum Gasteiger partial charge on any atom is -0.312 e. The monoisotopic (exact) mass is 211 g/mol. The molecule has 2 amide bonds. The smallest absolute Gasteiger partial charge is 0.312 e. The van der Waals surface area contributed by atoms with Crippen LogP contribution in [0.5, 0.6) is 0 Å². The number of hydrogen-bond donors (Lipinski definition) is 2. The Labute approximate surface area is 91.5 Å². The lowest BCUT2D eigenvalue weighted by molar-refractivity contribution is 0.165. The first-order valence-corrected chi connectivity index (χ1v) is 5.80. The van der Waals surface area contributed by atoms with Crippen LogP contribution in [0.25, 0.3) is 0 Å². The topological polar surface area (TPSA) is 56.2 Å². The number of hydrogen-bond acceptors (Lipinski definition) is 2. The van der Waals surface area contributed by atoms with E-state index in [9.17, 15) is 4.79 Å². The van der Waals surface area contributed by atoms with Crippen LogP contribution >= 0.6 is 0 Å². The predicted molar refractivity (Wildman–Crippen MR) is 61.2 cm³/mol. The highest BCUT2D eigenvalue weighted by Crippen LogP contribution is 2.31. The summed E-state index contributed by atoms with van der Waals surface area (Å²) in [5, 5.41) is 10.6. The van der Waals surface area contributed by atoms with Crippen LogP contribution < -0.4 is 5.32 Å². The summed E-state index contributed by atoms with van der Waals surface area (Å²) in [6.07, 6.45) is 3.75. The number of amidine groups is 1. The summed E-state index contributed by atoms with van der Waals surface area (Å²) in [5.41, 5.74) is -0.352. The Bertz CT molecular complexity index is 257. The summed E-state index contributed by atoms with van der Waals surface area (Å²) in [7, 11) is 0. The molecule has 1 saturated heterocycles. The van der Waals surface area contributed by atoms with Gasteiger partial charge in [0.15, 0.2) is 0 Å². The highest BCUT2D eigenvalue weighted by molar-refractivity contribution is 6.08. The third kappa shape index (κ3) is 1.85. The van der Waals surface area contributed by atoms with Gasteiger partial charge >= 0.3 is 6.03 Å². The standard InChI is InChI=1S/C11H21N3O/c1-4-7-11(8-5-2)9(12)13-10(15)14(11)6-3/h4-8H2,1-3H3,(H2,12,13,15). The summed E-state index contributed by atoms with van der Waals surface area (Å²) in [6.45, 7) is 6.84. The highest BCUT2D eigenvalue weighted by Gasteiger charge is 2.47. The van der Waals surface area contributed by atoms with Crippen molar-refractivity contribution in [3.63, 3.8) is 0 Å². The predicted octanol–water partition coefficient (Wildman–Crippen LogP) is 2.35. The van der Waals surface area contributed by atoms with E-state index in [1.807, 2.05) is 11.8 Å². The van der Waals surface area contributed by atoms with Crippen molar-refractivity contribution >= 4 is 11.9 Å². The number of rotatable bonds is 5. The van der Waals surface area contributed by atoms with Gasteiger partial charge in [-0.1, -0.05) is 26.7 Å². The van der Waals surface area contributed by atoms with Crippen molar-refractivity contribution in [1.82, 2.24) is 10.2 Å². The molecule has 0 aromatic rings. The Morgan fingerprint density at radius 2 is 1.80 bits per heavy atom. The second kappa shape index (κ2) is 4.64. The maximum Gasteiger partial charge on any atom is 0.323 e.